The molecule has 0 radical (unpaired) electrons. The first-order valence-corrected chi connectivity index (χ1v) is 5.85. The number of esters is 2. The lowest BCUT2D eigenvalue weighted by atomic mass is 10.0. The fourth-order valence-corrected chi connectivity index (χ4v) is 1.70. The molecular weight excluding hydrogens is 208 g/mol. The van der Waals surface area contributed by atoms with Gasteiger partial charge >= 0.3 is 11.9 Å². The van der Waals surface area contributed by atoms with Gasteiger partial charge in [0.05, 0.1) is 0 Å². The molecule has 16 heavy (non-hydrogen) atoms. The first-order valence-electron chi connectivity index (χ1n) is 5.85. The second-order valence-electron chi connectivity index (χ2n) is 3.95. The summed E-state index contributed by atoms with van der Waals surface area (Å²) in [5, 5.41) is 0. The molecule has 0 saturated carbocycles. The standard InChI is InChI=1S/C12H22O4/c1-5-7-9-12(8-6-2,15-10(3)13)16-11(4)14/h5-9H2,1-4H3. The highest BCUT2D eigenvalue weighted by atomic mass is 16.7. The normalized spacial score (nSPS) is 11.0. The molecule has 4 heteroatoms. The smallest absolute Gasteiger partial charge is 0.305 e. The zero-order valence-corrected chi connectivity index (χ0v) is 10.7. The van der Waals surface area contributed by atoms with Crippen molar-refractivity contribution in [2.45, 2.75) is 65.6 Å². The van der Waals surface area contributed by atoms with E-state index in [1.807, 2.05) is 13.8 Å². The molecule has 0 aromatic rings. The van der Waals surface area contributed by atoms with Crippen molar-refractivity contribution >= 4 is 11.9 Å². The van der Waals surface area contributed by atoms with Crippen LogP contribution in [0.3, 0.4) is 0 Å². The molecular formula is C12H22O4. The number of rotatable bonds is 7. The molecule has 0 aliphatic carbocycles. The summed E-state index contributed by atoms with van der Waals surface area (Å²) < 4.78 is 10.4. The predicted octanol–water partition coefficient (Wildman–Crippen LogP) is 2.80. The molecule has 0 N–H and O–H groups in total. The Labute approximate surface area is 97.3 Å². The molecule has 0 fully saturated rings. The molecule has 0 aromatic carbocycles. The summed E-state index contributed by atoms with van der Waals surface area (Å²) in [4.78, 5) is 22.1. The SMILES string of the molecule is CCCCC(CCC)(OC(C)=O)OC(C)=O. The minimum Gasteiger partial charge on any atom is -0.423 e. The maximum Gasteiger partial charge on any atom is 0.305 e. The van der Waals surface area contributed by atoms with Crippen molar-refractivity contribution in [3.05, 3.63) is 0 Å². The molecule has 0 aliphatic heterocycles. The summed E-state index contributed by atoms with van der Waals surface area (Å²) in [5.41, 5.74) is 0. The first-order chi connectivity index (χ1) is 7.45. The van der Waals surface area contributed by atoms with Gasteiger partial charge in [-0.1, -0.05) is 20.3 Å². The van der Waals surface area contributed by atoms with Crippen molar-refractivity contribution in [1.82, 2.24) is 0 Å². The highest BCUT2D eigenvalue weighted by Crippen LogP contribution is 2.27. The van der Waals surface area contributed by atoms with E-state index in [-0.39, 0.29) is 0 Å². The van der Waals surface area contributed by atoms with Gasteiger partial charge in [0.2, 0.25) is 0 Å². The first kappa shape index (κ1) is 14.9. The summed E-state index contributed by atoms with van der Waals surface area (Å²) in [7, 11) is 0. The van der Waals surface area contributed by atoms with Crippen LogP contribution in [0.2, 0.25) is 0 Å². The van der Waals surface area contributed by atoms with E-state index in [9.17, 15) is 9.59 Å². The number of ether oxygens (including phenoxy) is 2. The highest BCUT2D eigenvalue weighted by molar-refractivity contribution is 5.68. The van der Waals surface area contributed by atoms with E-state index in [0.29, 0.717) is 12.8 Å². The van der Waals surface area contributed by atoms with E-state index in [1.54, 1.807) is 0 Å². The van der Waals surface area contributed by atoms with Gasteiger partial charge in [-0.05, 0) is 12.8 Å². The summed E-state index contributed by atoms with van der Waals surface area (Å²) in [6.45, 7) is 6.67. The Hall–Kier alpha value is -1.06. The topological polar surface area (TPSA) is 52.6 Å². The number of carbonyl (C=O) groups excluding carboxylic acids is 2. The van der Waals surface area contributed by atoms with Crippen LogP contribution in [0.15, 0.2) is 0 Å². The second-order valence-corrected chi connectivity index (χ2v) is 3.95. The van der Waals surface area contributed by atoms with Gasteiger partial charge in [-0.15, -0.1) is 0 Å². The van der Waals surface area contributed by atoms with Crippen molar-refractivity contribution in [2.24, 2.45) is 0 Å². The Kier molecular flexibility index (Phi) is 6.77. The monoisotopic (exact) mass is 230 g/mol. The average molecular weight is 230 g/mol. The van der Waals surface area contributed by atoms with E-state index >= 15 is 0 Å². The number of hydrogen-bond donors (Lipinski definition) is 0. The van der Waals surface area contributed by atoms with Gasteiger partial charge in [-0.2, -0.15) is 0 Å². The molecule has 0 atom stereocenters. The van der Waals surface area contributed by atoms with Crippen molar-refractivity contribution in [3.8, 4) is 0 Å². The Morgan fingerprint density at radius 2 is 1.44 bits per heavy atom. The molecule has 0 saturated heterocycles. The zero-order valence-electron chi connectivity index (χ0n) is 10.7. The zero-order chi connectivity index (χ0) is 12.6. The fraction of sp³-hybridized carbons (Fsp3) is 0.833. The van der Waals surface area contributed by atoms with Gasteiger partial charge in [0.25, 0.3) is 5.79 Å². The van der Waals surface area contributed by atoms with Gasteiger partial charge < -0.3 is 9.47 Å². The summed E-state index contributed by atoms with van der Waals surface area (Å²) in [6, 6.07) is 0. The number of carbonyl (C=O) groups is 2. The molecule has 4 nitrogen and oxygen atoms in total. The molecule has 0 aliphatic rings. The lowest BCUT2D eigenvalue weighted by Gasteiger charge is -2.31. The average Bonchev–Trinajstić information content (AvgIpc) is 2.13. The van der Waals surface area contributed by atoms with E-state index in [0.717, 1.165) is 19.3 Å². The van der Waals surface area contributed by atoms with Crippen LogP contribution < -0.4 is 0 Å². The largest absolute Gasteiger partial charge is 0.423 e. The van der Waals surface area contributed by atoms with E-state index < -0.39 is 17.7 Å². The van der Waals surface area contributed by atoms with Gasteiger partial charge in [-0.3, -0.25) is 9.59 Å². The van der Waals surface area contributed by atoms with Crippen LogP contribution in [0, 0.1) is 0 Å². The van der Waals surface area contributed by atoms with Crippen molar-refractivity contribution in [2.75, 3.05) is 0 Å². The minimum atomic E-state index is -1.05. The predicted molar refractivity (Wildman–Crippen MR) is 60.7 cm³/mol. The number of unbranched alkanes of at least 4 members (excludes halogenated alkanes) is 1. The van der Waals surface area contributed by atoms with Crippen molar-refractivity contribution in [1.29, 1.82) is 0 Å². The van der Waals surface area contributed by atoms with Crippen LogP contribution in [0.25, 0.3) is 0 Å². The third-order valence-electron chi connectivity index (χ3n) is 2.20. The molecule has 0 bridgehead atoms. The number of hydrogen-bond acceptors (Lipinski definition) is 4. The second kappa shape index (κ2) is 7.25. The third kappa shape index (κ3) is 5.73. The van der Waals surface area contributed by atoms with E-state index in [1.165, 1.54) is 13.8 Å². The fourth-order valence-electron chi connectivity index (χ4n) is 1.70. The summed E-state index contributed by atoms with van der Waals surface area (Å²) in [5.74, 6) is -1.88. The van der Waals surface area contributed by atoms with Crippen molar-refractivity contribution < 1.29 is 19.1 Å². The van der Waals surface area contributed by atoms with Crippen LogP contribution in [0.4, 0.5) is 0 Å². The maximum atomic E-state index is 11.1. The third-order valence-corrected chi connectivity index (χ3v) is 2.20. The molecule has 0 unspecified atom stereocenters. The van der Waals surface area contributed by atoms with Crippen LogP contribution in [0.5, 0.6) is 0 Å². The Balaban J connectivity index is 4.71. The molecule has 94 valence electrons. The molecule has 0 spiro atoms. The van der Waals surface area contributed by atoms with Gasteiger partial charge in [0.15, 0.2) is 0 Å². The molecule has 0 rings (SSSR count). The molecule has 0 aromatic heterocycles. The van der Waals surface area contributed by atoms with Crippen LogP contribution in [0.1, 0.15) is 59.8 Å². The Morgan fingerprint density at radius 1 is 0.938 bits per heavy atom. The van der Waals surface area contributed by atoms with E-state index in [2.05, 4.69) is 0 Å². The van der Waals surface area contributed by atoms with Crippen LogP contribution in [-0.2, 0) is 19.1 Å². The molecule has 0 amide bonds. The van der Waals surface area contributed by atoms with Gasteiger partial charge in [0, 0.05) is 26.7 Å². The van der Waals surface area contributed by atoms with Gasteiger partial charge in [0.1, 0.15) is 0 Å². The van der Waals surface area contributed by atoms with Crippen LogP contribution in [-0.4, -0.2) is 17.7 Å². The molecule has 0 heterocycles. The Morgan fingerprint density at radius 3 is 1.75 bits per heavy atom. The maximum absolute atomic E-state index is 11.1. The minimum absolute atomic E-state index is 0.411. The van der Waals surface area contributed by atoms with E-state index in [4.69, 9.17) is 9.47 Å². The quantitative estimate of drug-likeness (QED) is 0.498. The summed E-state index contributed by atoms with van der Waals surface area (Å²) in [6.07, 6.45) is 3.74. The Bertz CT molecular complexity index is 219. The lowest BCUT2D eigenvalue weighted by Crippen LogP contribution is -2.39. The van der Waals surface area contributed by atoms with Crippen LogP contribution >= 0.6 is 0 Å². The lowest BCUT2D eigenvalue weighted by molar-refractivity contribution is -0.231. The van der Waals surface area contributed by atoms with Crippen molar-refractivity contribution in [3.63, 3.8) is 0 Å². The highest BCUT2D eigenvalue weighted by Gasteiger charge is 2.35. The summed E-state index contributed by atoms with van der Waals surface area (Å²) >= 11 is 0. The van der Waals surface area contributed by atoms with Gasteiger partial charge in [-0.25, -0.2) is 0 Å².